The molecule has 0 bridgehead atoms. The molecule has 2 aromatic heterocycles. The number of carbonyl (C=O) groups is 1. The van der Waals surface area contributed by atoms with Crippen LogP contribution in [0.1, 0.15) is 28.7 Å². The Kier molecular flexibility index (Phi) is 5.44. The summed E-state index contributed by atoms with van der Waals surface area (Å²) in [7, 11) is 0. The van der Waals surface area contributed by atoms with Gasteiger partial charge in [-0.05, 0) is 55.0 Å². The summed E-state index contributed by atoms with van der Waals surface area (Å²) in [6.45, 7) is 2.11. The number of benzene rings is 2. The van der Waals surface area contributed by atoms with Crippen LogP contribution in [0.3, 0.4) is 0 Å². The number of nitrogens with one attached hydrogen (secondary N) is 1. The number of pyridine rings is 1. The van der Waals surface area contributed by atoms with Crippen LogP contribution in [0.2, 0.25) is 0 Å². The van der Waals surface area contributed by atoms with Crippen molar-refractivity contribution >= 4 is 38.8 Å². The number of nitrogens with two attached hydrogens (primary N) is 1. The number of hydrogen-bond acceptors (Lipinski definition) is 5. The largest absolute Gasteiger partial charge is 0.457 e. The number of anilines is 2. The van der Waals surface area contributed by atoms with Crippen molar-refractivity contribution in [3.05, 3.63) is 77.3 Å². The van der Waals surface area contributed by atoms with Crippen LogP contribution in [0.4, 0.5) is 11.4 Å². The molecule has 146 valence electrons. The molecule has 0 spiro atoms. The number of carbonyl (C=O) groups excluding carboxylic acids is 1. The minimum absolute atomic E-state index is 0.237. The minimum atomic E-state index is -0.237. The first kappa shape index (κ1) is 19.0. The number of amides is 1. The number of aryl methyl sites for hydroxylation is 1. The second kappa shape index (κ2) is 8.32. The molecule has 0 saturated carbocycles. The lowest BCUT2D eigenvalue weighted by molar-refractivity contribution is 0.103. The summed E-state index contributed by atoms with van der Waals surface area (Å²) in [5.74, 6) is 1.22. The average Bonchev–Trinajstić information content (AvgIpc) is 3.07. The van der Waals surface area contributed by atoms with Gasteiger partial charge in [0.05, 0.1) is 5.69 Å². The van der Waals surface area contributed by atoms with E-state index in [1.807, 2.05) is 54.6 Å². The van der Waals surface area contributed by atoms with Crippen molar-refractivity contribution < 1.29 is 9.53 Å². The van der Waals surface area contributed by atoms with Gasteiger partial charge in [0, 0.05) is 16.8 Å². The first-order valence-electron chi connectivity index (χ1n) is 9.46. The molecular formula is C23H21N3O2S. The molecule has 29 heavy (non-hydrogen) atoms. The second-order valence-electron chi connectivity index (χ2n) is 6.64. The van der Waals surface area contributed by atoms with E-state index in [-0.39, 0.29) is 5.91 Å². The smallest absolute Gasteiger partial charge is 0.267 e. The van der Waals surface area contributed by atoms with Crippen molar-refractivity contribution in [1.82, 2.24) is 4.98 Å². The molecule has 0 unspecified atom stereocenters. The zero-order valence-corrected chi connectivity index (χ0v) is 16.8. The summed E-state index contributed by atoms with van der Waals surface area (Å²) in [4.78, 5) is 18.7. The monoisotopic (exact) mass is 403 g/mol. The van der Waals surface area contributed by atoms with E-state index in [0.717, 1.165) is 34.5 Å². The molecule has 3 N–H and O–H groups in total. The standard InChI is InChI=1S/C23H21N3O2S/c1-2-6-15-11-14-19-20(24)21(29-23(19)26-15)22(27)25-16-9-12-18(13-10-16)28-17-7-4-3-5-8-17/h3-5,7-14H,2,6,24H2,1H3,(H,25,27). The number of nitrogen functional groups attached to an aromatic ring is 1. The Morgan fingerprint density at radius 3 is 2.48 bits per heavy atom. The van der Waals surface area contributed by atoms with Crippen LogP contribution in [-0.4, -0.2) is 10.9 Å². The number of aromatic nitrogens is 1. The highest BCUT2D eigenvalue weighted by atomic mass is 32.1. The Morgan fingerprint density at radius 2 is 1.76 bits per heavy atom. The fourth-order valence-corrected chi connectivity index (χ4v) is 4.03. The van der Waals surface area contributed by atoms with Gasteiger partial charge in [0.1, 0.15) is 21.2 Å². The van der Waals surface area contributed by atoms with Gasteiger partial charge in [0.15, 0.2) is 0 Å². The van der Waals surface area contributed by atoms with Gasteiger partial charge in [-0.3, -0.25) is 4.79 Å². The molecule has 5 nitrogen and oxygen atoms in total. The van der Waals surface area contributed by atoms with Gasteiger partial charge >= 0.3 is 0 Å². The lowest BCUT2D eigenvalue weighted by atomic mass is 10.2. The SMILES string of the molecule is CCCc1ccc2c(N)c(C(=O)Nc3ccc(Oc4ccccc4)cc3)sc2n1. The van der Waals surface area contributed by atoms with Crippen LogP contribution >= 0.6 is 11.3 Å². The molecule has 6 heteroatoms. The second-order valence-corrected chi connectivity index (χ2v) is 7.64. The zero-order chi connectivity index (χ0) is 20.2. The predicted octanol–water partition coefficient (Wildman–Crippen LogP) is 5.88. The quantitative estimate of drug-likeness (QED) is 0.422. The van der Waals surface area contributed by atoms with Gasteiger partial charge in [0.25, 0.3) is 5.91 Å². The van der Waals surface area contributed by atoms with Gasteiger partial charge in [-0.2, -0.15) is 0 Å². The molecule has 0 atom stereocenters. The molecule has 2 heterocycles. The van der Waals surface area contributed by atoms with E-state index in [4.69, 9.17) is 10.5 Å². The van der Waals surface area contributed by atoms with E-state index in [0.29, 0.717) is 22.0 Å². The van der Waals surface area contributed by atoms with Crippen LogP contribution in [-0.2, 0) is 6.42 Å². The Hall–Kier alpha value is -3.38. The molecule has 4 rings (SSSR count). The van der Waals surface area contributed by atoms with Crippen molar-refractivity contribution in [3.8, 4) is 11.5 Å². The third kappa shape index (κ3) is 4.22. The Morgan fingerprint density at radius 1 is 1.03 bits per heavy atom. The lowest BCUT2D eigenvalue weighted by Gasteiger charge is -2.08. The third-order valence-electron chi connectivity index (χ3n) is 4.45. The highest BCUT2D eigenvalue weighted by Crippen LogP contribution is 2.33. The number of thiophene rings is 1. The zero-order valence-electron chi connectivity index (χ0n) is 16.0. The van der Waals surface area contributed by atoms with E-state index in [9.17, 15) is 4.79 Å². The Balaban J connectivity index is 1.49. The molecule has 0 radical (unpaired) electrons. The van der Waals surface area contributed by atoms with Gasteiger partial charge < -0.3 is 15.8 Å². The maximum Gasteiger partial charge on any atom is 0.267 e. The van der Waals surface area contributed by atoms with Crippen molar-refractivity contribution in [2.75, 3.05) is 11.1 Å². The van der Waals surface area contributed by atoms with Gasteiger partial charge in [-0.25, -0.2) is 4.98 Å². The fourth-order valence-electron chi connectivity index (χ4n) is 3.02. The van der Waals surface area contributed by atoms with Crippen LogP contribution in [0.5, 0.6) is 11.5 Å². The molecule has 1 amide bonds. The molecule has 2 aromatic carbocycles. The van der Waals surface area contributed by atoms with E-state index in [2.05, 4.69) is 17.2 Å². The maximum absolute atomic E-state index is 12.8. The summed E-state index contributed by atoms with van der Waals surface area (Å²) in [5.41, 5.74) is 8.38. The molecule has 0 fully saturated rings. The molecule has 4 aromatic rings. The third-order valence-corrected chi connectivity index (χ3v) is 5.57. The van der Waals surface area contributed by atoms with E-state index in [1.54, 1.807) is 12.1 Å². The molecule has 0 aliphatic rings. The summed E-state index contributed by atoms with van der Waals surface area (Å²) in [6.07, 6.45) is 1.93. The van der Waals surface area contributed by atoms with Crippen molar-refractivity contribution in [1.29, 1.82) is 0 Å². The van der Waals surface area contributed by atoms with Crippen LogP contribution in [0.25, 0.3) is 10.2 Å². The lowest BCUT2D eigenvalue weighted by Crippen LogP contribution is -2.11. The van der Waals surface area contributed by atoms with Gasteiger partial charge in [-0.15, -0.1) is 11.3 Å². The highest BCUT2D eigenvalue weighted by molar-refractivity contribution is 7.21. The topological polar surface area (TPSA) is 77.2 Å². The summed E-state index contributed by atoms with van der Waals surface area (Å²) < 4.78 is 5.77. The summed E-state index contributed by atoms with van der Waals surface area (Å²) >= 11 is 1.32. The van der Waals surface area contributed by atoms with E-state index < -0.39 is 0 Å². The maximum atomic E-state index is 12.8. The first-order chi connectivity index (χ1) is 14.1. The number of hydrogen-bond donors (Lipinski definition) is 2. The van der Waals surface area contributed by atoms with Crippen molar-refractivity contribution in [2.45, 2.75) is 19.8 Å². The molecule has 0 saturated heterocycles. The number of para-hydroxylation sites is 1. The summed E-state index contributed by atoms with van der Waals surface area (Å²) in [6, 6.07) is 20.7. The highest BCUT2D eigenvalue weighted by Gasteiger charge is 2.17. The number of rotatable bonds is 6. The molecule has 0 aliphatic carbocycles. The van der Waals surface area contributed by atoms with E-state index in [1.165, 1.54) is 11.3 Å². The molecular weight excluding hydrogens is 382 g/mol. The van der Waals surface area contributed by atoms with Gasteiger partial charge in [-0.1, -0.05) is 31.5 Å². The normalized spacial score (nSPS) is 10.8. The Bertz CT molecular complexity index is 1140. The van der Waals surface area contributed by atoms with Crippen LogP contribution in [0.15, 0.2) is 66.7 Å². The van der Waals surface area contributed by atoms with Crippen LogP contribution in [0, 0.1) is 0 Å². The molecule has 0 aliphatic heterocycles. The Labute approximate surface area is 173 Å². The average molecular weight is 404 g/mol. The predicted molar refractivity (Wildman–Crippen MR) is 119 cm³/mol. The fraction of sp³-hybridized carbons (Fsp3) is 0.130. The number of nitrogens with zero attached hydrogens (tertiary/aromatic N) is 1. The number of fused-ring (bicyclic) bond motifs is 1. The first-order valence-corrected chi connectivity index (χ1v) is 10.3. The van der Waals surface area contributed by atoms with Crippen LogP contribution < -0.4 is 15.8 Å². The van der Waals surface area contributed by atoms with Crippen molar-refractivity contribution in [3.63, 3.8) is 0 Å². The minimum Gasteiger partial charge on any atom is -0.457 e. The van der Waals surface area contributed by atoms with Crippen molar-refractivity contribution in [2.24, 2.45) is 0 Å². The van der Waals surface area contributed by atoms with Gasteiger partial charge in [0.2, 0.25) is 0 Å². The number of ether oxygens (including phenoxy) is 1. The summed E-state index contributed by atoms with van der Waals surface area (Å²) in [5, 5.41) is 3.72. The van der Waals surface area contributed by atoms with E-state index >= 15 is 0 Å².